The van der Waals surface area contributed by atoms with E-state index >= 15 is 0 Å². The van der Waals surface area contributed by atoms with Crippen molar-refractivity contribution in [1.82, 2.24) is 9.80 Å². The highest BCUT2D eigenvalue weighted by molar-refractivity contribution is 5.77. The predicted molar refractivity (Wildman–Crippen MR) is 65.1 cm³/mol. The maximum Gasteiger partial charge on any atom is 0.223 e. The third-order valence-electron chi connectivity index (χ3n) is 4.00. The summed E-state index contributed by atoms with van der Waals surface area (Å²) in [6, 6.07) is 2.20. The number of nitrogens with zero attached hydrogens (tertiary/aromatic N) is 3. The molecule has 2 aliphatic rings. The average Bonchev–Trinajstić information content (AvgIpc) is 2.73. The van der Waals surface area contributed by atoms with Crippen molar-refractivity contribution in [1.29, 1.82) is 5.26 Å². The molecule has 4 heteroatoms. The van der Waals surface area contributed by atoms with Crippen LogP contribution in [-0.4, -0.2) is 48.9 Å². The summed E-state index contributed by atoms with van der Waals surface area (Å²) in [4.78, 5) is 16.1. The molecule has 0 radical (unpaired) electrons. The summed E-state index contributed by atoms with van der Waals surface area (Å²) in [6.45, 7) is 4.02. The highest BCUT2D eigenvalue weighted by Crippen LogP contribution is 2.21. The minimum atomic E-state index is -0.0450. The maximum absolute atomic E-state index is 11.8. The van der Waals surface area contributed by atoms with Crippen molar-refractivity contribution in [3.63, 3.8) is 0 Å². The molecule has 0 aromatic rings. The smallest absolute Gasteiger partial charge is 0.223 e. The maximum atomic E-state index is 11.8. The monoisotopic (exact) mass is 235 g/mol. The van der Waals surface area contributed by atoms with Crippen LogP contribution < -0.4 is 0 Å². The molecule has 0 aromatic carbocycles. The Hall–Kier alpha value is -1.08. The molecule has 2 heterocycles. The zero-order chi connectivity index (χ0) is 12.3. The highest BCUT2D eigenvalue weighted by atomic mass is 16.2. The van der Waals surface area contributed by atoms with E-state index in [-0.39, 0.29) is 11.8 Å². The second-order valence-corrected chi connectivity index (χ2v) is 5.41. The summed E-state index contributed by atoms with van der Waals surface area (Å²) in [5.74, 6) is 0.881. The van der Waals surface area contributed by atoms with E-state index in [1.807, 2.05) is 4.90 Å². The number of carbonyl (C=O) groups excluding carboxylic acids is 1. The van der Waals surface area contributed by atoms with Gasteiger partial charge in [0.15, 0.2) is 0 Å². The summed E-state index contributed by atoms with van der Waals surface area (Å²) < 4.78 is 0. The van der Waals surface area contributed by atoms with E-state index in [2.05, 4.69) is 18.0 Å². The Morgan fingerprint density at radius 2 is 2.24 bits per heavy atom. The van der Waals surface area contributed by atoms with E-state index in [1.54, 1.807) is 0 Å². The molecule has 17 heavy (non-hydrogen) atoms. The summed E-state index contributed by atoms with van der Waals surface area (Å²) >= 11 is 0. The largest absolute Gasteiger partial charge is 0.343 e. The van der Waals surface area contributed by atoms with Crippen LogP contribution in [0.5, 0.6) is 0 Å². The molecule has 94 valence electrons. The third kappa shape index (κ3) is 3.19. The number of likely N-dealkylation sites (tertiary alicyclic amines) is 2. The molecule has 1 amide bonds. The van der Waals surface area contributed by atoms with Crippen molar-refractivity contribution in [2.24, 2.45) is 11.8 Å². The van der Waals surface area contributed by atoms with Gasteiger partial charge in [-0.3, -0.25) is 4.79 Å². The molecule has 0 aromatic heterocycles. The molecule has 0 N–H and O–H groups in total. The lowest BCUT2D eigenvalue weighted by atomic mass is 9.97. The fourth-order valence-electron chi connectivity index (χ4n) is 2.83. The number of carbonyl (C=O) groups is 1. The van der Waals surface area contributed by atoms with Crippen molar-refractivity contribution in [3.05, 3.63) is 0 Å². The Bertz CT molecular complexity index is 323. The van der Waals surface area contributed by atoms with Crippen LogP contribution in [0.2, 0.25) is 0 Å². The first-order chi connectivity index (χ1) is 8.19. The molecule has 0 saturated carbocycles. The zero-order valence-corrected chi connectivity index (χ0v) is 10.6. The molecule has 4 nitrogen and oxygen atoms in total. The van der Waals surface area contributed by atoms with Gasteiger partial charge in [0.2, 0.25) is 5.91 Å². The Morgan fingerprint density at radius 3 is 2.82 bits per heavy atom. The second-order valence-electron chi connectivity index (χ2n) is 5.41. The minimum Gasteiger partial charge on any atom is -0.343 e. The van der Waals surface area contributed by atoms with Crippen LogP contribution in [0.15, 0.2) is 0 Å². The average molecular weight is 235 g/mol. The Kier molecular flexibility index (Phi) is 4.01. The van der Waals surface area contributed by atoms with Gasteiger partial charge in [-0.05, 0) is 38.8 Å². The van der Waals surface area contributed by atoms with Crippen molar-refractivity contribution >= 4 is 5.91 Å². The Labute approximate surface area is 103 Å². The van der Waals surface area contributed by atoms with E-state index < -0.39 is 0 Å². The third-order valence-corrected chi connectivity index (χ3v) is 4.00. The van der Waals surface area contributed by atoms with Crippen LogP contribution in [0.4, 0.5) is 0 Å². The van der Waals surface area contributed by atoms with Crippen molar-refractivity contribution < 1.29 is 4.79 Å². The predicted octanol–water partition coefficient (Wildman–Crippen LogP) is 1.09. The van der Waals surface area contributed by atoms with Crippen molar-refractivity contribution in [2.45, 2.75) is 25.7 Å². The van der Waals surface area contributed by atoms with Crippen molar-refractivity contribution in [3.8, 4) is 6.07 Å². The fraction of sp³-hybridized carbons (Fsp3) is 0.846. The summed E-state index contributed by atoms with van der Waals surface area (Å²) in [6.07, 6.45) is 3.67. The lowest BCUT2D eigenvalue weighted by molar-refractivity contribution is -0.134. The number of hydrogen-bond donors (Lipinski definition) is 0. The topological polar surface area (TPSA) is 47.3 Å². The highest BCUT2D eigenvalue weighted by Gasteiger charge is 2.27. The lowest BCUT2D eigenvalue weighted by Gasteiger charge is -2.29. The molecule has 2 saturated heterocycles. The second kappa shape index (κ2) is 5.50. The van der Waals surface area contributed by atoms with Gasteiger partial charge in [0.1, 0.15) is 0 Å². The van der Waals surface area contributed by atoms with Crippen LogP contribution >= 0.6 is 0 Å². The molecule has 2 fully saturated rings. The van der Waals surface area contributed by atoms with E-state index in [0.29, 0.717) is 6.42 Å². The van der Waals surface area contributed by atoms with Crippen LogP contribution in [0, 0.1) is 23.2 Å². The fourth-order valence-corrected chi connectivity index (χ4v) is 2.83. The first-order valence-corrected chi connectivity index (χ1v) is 6.55. The molecule has 2 atom stereocenters. The standard InChI is InChI=1S/C13H21N3O/c1-15-5-2-11(10-15)3-6-16-7-4-12(9-14)8-13(16)17/h11-12H,2-8,10H2,1H3. The van der Waals surface area contributed by atoms with Gasteiger partial charge >= 0.3 is 0 Å². The normalized spacial score (nSPS) is 30.6. The lowest BCUT2D eigenvalue weighted by Crippen LogP contribution is -2.39. The summed E-state index contributed by atoms with van der Waals surface area (Å²) in [5.41, 5.74) is 0. The van der Waals surface area contributed by atoms with E-state index in [0.717, 1.165) is 31.8 Å². The number of piperidine rings is 1. The van der Waals surface area contributed by atoms with Gasteiger partial charge in [-0.25, -0.2) is 0 Å². The van der Waals surface area contributed by atoms with Gasteiger partial charge in [0, 0.05) is 26.1 Å². The van der Waals surface area contributed by atoms with E-state index in [4.69, 9.17) is 5.26 Å². The molecule has 2 rings (SSSR count). The van der Waals surface area contributed by atoms with Crippen LogP contribution in [0.25, 0.3) is 0 Å². The minimum absolute atomic E-state index is 0.0450. The summed E-state index contributed by atoms with van der Waals surface area (Å²) in [5, 5.41) is 8.80. The first kappa shape index (κ1) is 12.4. The molecule has 0 bridgehead atoms. The van der Waals surface area contributed by atoms with E-state index in [9.17, 15) is 4.79 Å². The van der Waals surface area contributed by atoms with Gasteiger partial charge in [-0.15, -0.1) is 0 Å². The van der Waals surface area contributed by atoms with Gasteiger partial charge < -0.3 is 9.80 Å². The number of hydrogen-bond acceptors (Lipinski definition) is 3. The number of rotatable bonds is 3. The molecule has 2 aliphatic heterocycles. The first-order valence-electron chi connectivity index (χ1n) is 6.55. The quantitative estimate of drug-likeness (QED) is 0.735. The van der Waals surface area contributed by atoms with Crippen LogP contribution in [0.3, 0.4) is 0 Å². The van der Waals surface area contributed by atoms with Gasteiger partial charge in [0.05, 0.1) is 12.0 Å². The van der Waals surface area contributed by atoms with Gasteiger partial charge in [-0.1, -0.05) is 0 Å². The van der Waals surface area contributed by atoms with Crippen LogP contribution in [-0.2, 0) is 4.79 Å². The number of amides is 1. The van der Waals surface area contributed by atoms with Gasteiger partial charge in [-0.2, -0.15) is 5.26 Å². The van der Waals surface area contributed by atoms with Crippen LogP contribution in [0.1, 0.15) is 25.7 Å². The SMILES string of the molecule is CN1CCC(CCN2CCC(C#N)CC2=O)C1. The Balaban J connectivity index is 1.73. The molecular weight excluding hydrogens is 214 g/mol. The van der Waals surface area contributed by atoms with Gasteiger partial charge in [0.25, 0.3) is 0 Å². The Morgan fingerprint density at radius 1 is 1.41 bits per heavy atom. The summed E-state index contributed by atoms with van der Waals surface area (Å²) in [7, 11) is 2.16. The molecule has 2 unspecified atom stereocenters. The zero-order valence-electron chi connectivity index (χ0n) is 10.6. The molecular formula is C13H21N3O. The van der Waals surface area contributed by atoms with Crippen molar-refractivity contribution in [2.75, 3.05) is 33.2 Å². The van der Waals surface area contributed by atoms with E-state index in [1.165, 1.54) is 19.5 Å². The number of nitriles is 1. The molecule has 0 aliphatic carbocycles. The molecule has 0 spiro atoms.